The van der Waals surface area contributed by atoms with E-state index < -0.39 is 11.9 Å². The number of hydrogen-bond donors (Lipinski definition) is 2. The summed E-state index contributed by atoms with van der Waals surface area (Å²) < 4.78 is 4.65. The highest BCUT2D eigenvalue weighted by Crippen LogP contribution is 2.34. The summed E-state index contributed by atoms with van der Waals surface area (Å²) in [5, 5.41) is 3.06. The Hall–Kier alpha value is -4.18. The van der Waals surface area contributed by atoms with Crippen LogP contribution in [-0.4, -0.2) is 44.9 Å². The predicted octanol–water partition coefficient (Wildman–Crippen LogP) is 3.48. The molecule has 166 valence electrons. The van der Waals surface area contributed by atoms with E-state index in [2.05, 4.69) is 25.0 Å². The van der Waals surface area contributed by atoms with Gasteiger partial charge in [0.2, 0.25) is 0 Å². The fraction of sp³-hybridized carbons (Fsp3) is 0.0870. The van der Waals surface area contributed by atoms with Crippen LogP contribution in [0.3, 0.4) is 0 Å². The van der Waals surface area contributed by atoms with Crippen LogP contribution in [0, 0.1) is 0 Å². The molecule has 1 aliphatic heterocycles. The predicted molar refractivity (Wildman–Crippen MR) is 125 cm³/mol. The minimum Gasteiger partial charge on any atom is -0.466 e. The van der Waals surface area contributed by atoms with E-state index in [0.717, 1.165) is 23.4 Å². The van der Waals surface area contributed by atoms with Gasteiger partial charge in [-0.3, -0.25) is 14.5 Å². The van der Waals surface area contributed by atoms with Gasteiger partial charge in [-0.25, -0.2) is 14.8 Å². The van der Waals surface area contributed by atoms with Gasteiger partial charge in [0.15, 0.2) is 16.7 Å². The van der Waals surface area contributed by atoms with E-state index in [1.54, 1.807) is 24.3 Å². The molecule has 0 saturated carbocycles. The monoisotopic (exact) mass is 461 g/mol. The average molecular weight is 462 g/mol. The van der Waals surface area contributed by atoms with E-state index in [1.807, 2.05) is 36.4 Å². The molecule has 2 amide bonds. The molecule has 1 aliphatic rings. The van der Waals surface area contributed by atoms with Crippen LogP contribution in [0.1, 0.15) is 16.1 Å². The van der Waals surface area contributed by atoms with Gasteiger partial charge in [-0.05, 0) is 29.5 Å². The third-order valence-corrected chi connectivity index (χ3v) is 5.61. The number of carbonyl (C=O) groups excluding carboxylic acids is 3. The minimum absolute atomic E-state index is 0.121. The van der Waals surface area contributed by atoms with Crippen LogP contribution in [-0.2, 0) is 20.9 Å². The topological polar surface area (TPSA) is 117 Å². The van der Waals surface area contributed by atoms with E-state index in [4.69, 9.17) is 0 Å². The van der Waals surface area contributed by atoms with Gasteiger partial charge < -0.3 is 15.0 Å². The number of benzene rings is 2. The van der Waals surface area contributed by atoms with Gasteiger partial charge in [-0.15, -0.1) is 0 Å². The molecule has 2 N–H and O–H groups in total. The lowest BCUT2D eigenvalue weighted by atomic mass is 10.2. The summed E-state index contributed by atoms with van der Waals surface area (Å²) in [6.07, 6.45) is 2.48. The maximum atomic E-state index is 13.0. The highest BCUT2D eigenvalue weighted by molar-refractivity contribution is 8.18. The number of esters is 1. The van der Waals surface area contributed by atoms with Gasteiger partial charge in [0.25, 0.3) is 11.8 Å². The molecular formula is C23H19N5O4S. The molecule has 4 rings (SSSR count). The number of amidine groups is 1. The maximum absolute atomic E-state index is 13.0. The van der Waals surface area contributed by atoms with Crippen molar-refractivity contribution >= 4 is 46.2 Å². The van der Waals surface area contributed by atoms with Crippen molar-refractivity contribution in [1.29, 1.82) is 0 Å². The lowest BCUT2D eigenvalue weighted by molar-refractivity contribution is -0.135. The van der Waals surface area contributed by atoms with Gasteiger partial charge in [0.05, 0.1) is 24.9 Å². The Morgan fingerprint density at radius 3 is 2.55 bits per heavy atom. The van der Waals surface area contributed by atoms with E-state index in [0.29, 0.717) is 10.9 Å². The zero-order valence-corrected chi connectivity index (χ0v) is 18.3. The molecule has 0 radical (unpaired) electrons. The van der Waals surface area contributed by atoms with Crippen molar-refractivity contribution < 1.29 is 19.1 Å². The Morgan fingerprint density at radius 1 is 1.15 bits per heavy atom. The van der Waals surface area contributed by atoms with Crippen LogP contribution in [0.15, 0.2) is 83.0 Å². The number of nitrogens with zero attached hydrogens (tertiary/aromatic N) is 3. The molecule has 0 bridgehead atoms. The number of thioether (sulfide) groups is 1. The van der Waals surface area contributed by atoms with Crippen molar-refractivity contribution in [2.45, 2.75) is 6.54 Å². The second-order valence-corrected chi connectivity index (χ2v) is 7.84. The van der Waals surface area contributed by atoms with Gasteiger partial charge in [0, 0.05) is 11.8 Å². The largest absolute Gasteiger partial charge is 0.466 e. The number of amides is 2. The first-order valence-corrected chi connectivity index (χ1v) is 10.7. The summed E-state index contributed by atoms with van der Waals surface area (Å²) in [7, 11) is 1.24. The van der Waals surface area contributed by atoms with Crippen LogP contribution < -0.4 is 5.32 Å². The molecule has 0 aliphatic carbocycles. The fourth-order valence-corrected chi connectivity index (χ4v) is 3.95. The number of methoxy groups -OCH3 is 1. The van der Waals surface area contributed by atoms with Crippen molar-refractivity contribution in [1.82, 2.24) is 14.9 Å². The third kappa shape index (κ3) is 5.18. The van der Waals surface area contributed by atoms with Crippen LogP contribution >= 0.6 is 11.8 Å². The molecule has 3 aromatic rings. The van der Waals surface area contributed by atoms with Crippen LogP contribution in [0.5, 0.6) is 0 Å². The summed E-state index contributed by atoms with van der Waals surface area (Å²) in [4.78, 5) is 50.5. The molecule has 0 spiro atoms. The Bertz CT molecular complexity index is 1240. The average Bonchev–Trinajstić information content (AvgIpc) is 3.41. The van der Waals surface area contributed by atoms with Crippen molar-refractivity contribution in [3.05, 3.63) is 89.2 Å². The van der Waals surface area contributed by atoms with Crippen molar-refractivity contribution in [3.8, 4) is 0 Å². The molecule has 33 heavy (non-hydrogen) atoms. The Balaban J connectivity index is 1.65. The molecule has 2 heterocycles. The first kappa shape index (κ1) is 22.0. The first-order valence-electron chi connectivity index (χ1n) is 9.87. The van der Waals surface area contributed by atoms with E-state index in [9.17, 15) is 14.4 Å². The number of aliphatic imine (C=N–C) groups is 1. The molecule has 10 heteroatoms. The van der Waals surface area contributed by atoms with E-state index in [1.165, 1.54) is 18.3 Å². The van der Waals surface area contributed by atoms with Crippen LogP contribution in [0.4, 0.5) is 11.5 Å². The lowest BCUT2D eigenvalue weighted by Gasteiger charge is -2.15. The number of H-pyrrole nitrogens is 1. The SMILES string of the molecule is COC(=O)/C=C1/S/C(=N\c2nc[nH]c2C(=O)Nc2ccccc2)N(Cc2ccccc2)C1=O. The zero-order chi connectivity index (χ0) is 23.2. The number of ether oxygens (including phenoxy) is 1. The number of carbonyl (C=O) groups is 3. The molecule has 2 aromatic carbocycles. The summed E-state index contributed by atoms with van der Waals surface area (Å²) in [6.45, 7) is 0.236. The zero-order valence-electron chi connectivity index (χ0n) is 17.5. The fourth-order valence-electron chi connectivity index (χ4n) is 3.01. The number of hydrogen-bond acceptors (Lipinski definition) is 7. The number of imidazole rings is 1. The first-order chi connectivity index (χ1) is 16.0. The second-order valence-electron chi connectivity index (χ2n) is 6.83. The van der Waals surface area contributed by atoms with Crippen molar-refractivity contribution in [3.63, 3.8) is 0 Å². The summed E-state index contributed by atoms with van der Waals surface area (Å²) >= 11 is 1.01. The van der Waals surface area contributed by atoms with Gasteiger partial charge in [-0.2, -0.15) is 0 Å². The number of aromatic amines is 1. The molecule has 1 aromatic heterocycles. The quantitative estimate of drug-likeness (QED) is 0.429. The summed E-state index contributed by atoms with van der Waals surface area (Å²) in [5.41, 5.74) is 1.64. The highest BCUT2D eigenvalue weighted by Gasteiger charge is 2.34. The number of nitrogens with one attached hydrogen (secondary N) is 2. The molecule has 0 unspecified atom stereocenters. The minimum atomic E-state index is -0.644. The normalized spacial score (nSPS) is 15.8. The molecular weight excluding hydrogens is 442 g/mol. The van der Waals surface area contributed by atoms with Crippen LogP contribution in [0.25, 0.3) is 0 Å². The summed E-state index contributed by atoms with van der Waals surface area (Å²) in [5.74, 6) is -1.34. The van der Waals surface area contributed by atoms with Gasteiger partial charge in [0.1, 0.15) is 0 Å². The van der Waals surface area contributed by atoms with Gasteiger partial charge in [-0.1, -0.05) is 48.5 Å². The molecule has 0 atom stereocenters. The third-order valence-electron chi connectivity index (χ3n) is 4.60. The Kier molecular flexibility index (Phi) is 6.65. The molecule has 1 saturated heterocycles. The number of anilines is 1. The van der Waals surface area contributed by atoms with E-state index >= 15 is 0 Å². The smallest absolute Gasteiger partial charge is 0.331 e. The molecule has 1 fully saturated rings. The maximum Gasteiger partial charge on any atom is 0.331 e. The Labute approximate surface area is 193 Å². The number of para-hydroxylation sites is 1. The standard InChI is InChI=1S/C23H19N5O4S/c1-32-18(29)12-17-22(31)28(13-15-8-4-2-5-9-15)23(33-17)27-20-19(24-14-25-20)21(30)26-16-10-6-3-7-11-16/h2-12,14H,13H2,1H3,(H,24,25)(H,26,30)/b17-12+,27-23-. The van der Waals surface area contributed by atoms with Crippen LogP contribution in [0.2, 0.25) is 0 Å². The van der Waals surface area contributed by atoms with Crippen molar-refractivity contribution in [2.75, 3.05) is 12.4 Å². The molecule has 9 nitrogen and oxygen atoms in total. The highest BCUT2D eigenvalue weighted by atomic mass is 32.2. The number of aromatic nitrogens is 2. The second kappa shape index (κ2) is 9.96. The lowest BCUT2D eigenvalue weighted by Crippen LogP contribution is -2.28. The Morgan fingerprint density at radius 2 is 1.85 bits per heavy atom. The summed E-state index contributed by atoms with van der Waals surface area (Å²) in [6, 6.07) is 18.3. The van der Waals surface area contributed by atoms with Crippen molar-refractivity contribution in [2.24, 2.45) is 4.99 Å². The van der Waals surface area contributed by atoms with Gasteiger partial charge >= 0.3 is 5.97 Å². The van der Waals surface area contributed by atoms with E-state index in [-0.39, 0.29) is 28.9 Å². The number of rotatable bonds is 6.